The normalized spacial score (nSPS) is 13.8. The van der Waals surface area contributed by atoms with Gasteiger partial charge in [0.05, 0.1) is 0 Å². The van der Waals surface area contributed by atoms with Gasteiger partial charge >= 0.3 is 0 Å². The van der Waals surface area contributed by atoms with E-state index in [1.54, 1.807) is 0 Å². The molecule has 0 fully saturated rings. The summed E-state index contributed by atoms with van der Waals surface area (Å²) >= 11 is 0. The first kappa shape index (κ1) is 14.6. The number of benzene rings is 2. The molecule has 2 aromatic carbocycles. The van der Waals surface area contributed by atoms with Crippen molar-refractivity contribution in [2.45, 2.75) is 32.2 Å². The van der Waals surface area contributed by atoms with Crippen LogP contribution in [0.15, 0.2) is 54.6 Å². The van der Waals surface area contributed by atoms with Crippen molar-refractivity contribution in [2.24, 2.45) is 5.73 Å². The van der Waals surface area contributed by atoms with E-state index in [0.29, 0.717) is 6.54 Å². The Bertz CT molecular complexity index is 519. The number of rotatable bonds is 6. The first-order valence-electron chi connectivity index (χ1n) is 7.20. The Labute approximate surface area is 122 Å². The van der Waals surface area contributed by atoms with E-state index in [0.717, 1.165) is 18.5 Å². The minimum Gasteiger partial charge on any atom is -0.379 e. The van der Waals surface area contributed by atoms with Crippen molar-refractivity contribution in [1.29, 1.82) is 0 Å². The fourth-order valence-corrected chi connectivity index (χ4v) is 2.27. The second kappa shape index (κ2) is 6.58. The molecule has 2 heteroatoms. The molecule has 0 heterocycles. The van der Waals surface area contributed by atoms with E-state index in [-0.39, 0.29) is 5.54 Å². The van der Waals surface area contributed by atoms with Gasteiger partial charge in [0.15, 0.2) is 0 Å². The molecule has 1 atom stereocenters. The van der Waals surface area contributed by atoms with Crippen LogP contribution in [0.5, 0.6) is 0 Å². The summed E-state index contributed by atoms with van der Waals surface area (Å²) in [6, 6.07) is 19.0. The minimum absolute atomic E-state index is 0.0783. The highest BCUT2D eigenvalue weighted by Crippen LogP contribution is 2.20. The van der Waals surface area contributed by atoms with Crippen molar-refractivity contribution in [2.75, 3.05) is 11.9 Å². The van der Waals surface area contributed by atoms with E-state index in [1.165, 1.54) is 11.1 Å². The van der Waals surface area contributed by atoms with Gasteiger partial charge in [0.1, 0.15) is 0 Å². The monoisotopic (exact) mass is 268 g/mol. The number of anilines is 1. The molecule has 0 aliphatic heterocycles. The molecule has 0 bridgehead atoms. The second-order valence-corrected chi connectivity index (χ2v) is 5.74. The lowest BCUT2D eigenvalue weighted by molar-refractivity contribution is 0.483. The van der Waals surface area contributed by atoms with Crippen LogP contribution >= 0.6 is 0 Å². The van der Waals surface area contributed by atoms with Crippen molar-refractivity contribution in [3.63, 3.8) is 0 Å². The maximum Gasteiger partial charge on any atom is 0.0470 e. The van der Waals surface area contributed by atoms with Gasteiger partial charge in [-0.2, -0.15) is 0 Å². The van der Waals surface area contributed by atoms with Crippen molar-refractivity contribution in [1.82, 2.24) is 0 Å². The van der Waals surface area contributed by atoms with Gasteiger partial charge in [-0.25, -0.2) is 0 Å². The van der Waals surface area contributed by atoms with E-state index in [4.69, 9.17) is 5.73 Å². The Hall–Kier alpha value is -1.80. The molecule has 0 spiro atoms. The molecule has 20 heavy (non-hydrogen) atoms. The van der Waals surface area contributed by atoms with Crippen LogP contribution in [0, 0.1) is 6.92 Å². The summed E-state index contributed by atoms with van der Waals surface area (Å²) in [6.45, 7) is 4.91. The Morgan fingerprint density at radius 3 is 2.25 bits per heavy atom. The van der Waals surface area contributed by atoms with Crippen LogP contribution in [0.4, 0.5) is 5.69 Å². The maximum absolute atomic E-state index is 5.99. The molecule has 0 aromatic heterocycles. The molecule has 1 unspecified atom stereocenters. The summed E-state index contributed by atoms with van der Waals surface area (Å²) in [5, 5.41) is 3.58. The SMILES string of the molecule is Cc1ccc(NC(C)(CN)CCc2ccccc2)cc1. The summed E-state index contributed by atoms with van der Waals surface area (Å²) in [4.78, 5) is 0. The molecule has 3 N–H and O–H groups in total. The molecule has 0 radical (unpaired) electrons. The van der Waals surface area contributed by atoms with Crippen LogP contribution < -0.4 is 11.1 Å². The molecule has 0 saturated heterocycles. The standard InChI is InChI=1S/C18H24N2/c1-15-8-10-17(11-9-15)20-18(2,14-19)13-12-16-6-4-3-5-7-16/h3-11,20H,12-14,19H2,1-2H3. The van der Waals surface area contributed by atoms with Crippen LogP contribution in [0.1, 0.15) is 24.5 Å². The van der Waals surface area contributed by atoms with Gasteiger partial charge < -0.3 is 11.1 Å². The third kappa shape index (κ3) is 4.10. The first-order valence-corrected chi connectivity index (χ1v) is 7.20. The number of aryl methyl sites for hydroxylation is 2. The molecule has 2 nitrogen and oxygen atoms in total. The number of hydrogen-bond acceptors (Lipinski definition) is 2. The van der Waals surface area contributed by atoms with E-state index >= 15 is 0 Å². The Balaban J connectivity index is 1.99. The topological polar surface area (TPSA) is 38.0 Å². The minimum atomic E-state index is -0.0783. The Morgan fingerprint density at radius 1 is 1.00 bits per heavy atom. The summed E-state index contributed by atoms with van der Waals surface area (Å²) in [5.41, 5.74) is 9.68. The van der Waals surface area contributed by atoms with Gasteiger partial charge in [-0.3, -0.25) is 0 Å². The van der Waals surface area contributed by atoms with Crippen LogP contribution in [-0.4, -0.2) is 12.1 Å². The Morgan fingerprint density at radius 2 is 1.65 bits per heavy atom. The van der Waals surface area contributed by atoms with Crippen LogP contribution in [-0.2, 0) is 6.42 Å². The average molecular weight is 268 g/mol. The highest BCUT2D eigenvalue weighted by Gasteiger charge is 2.21. The smallest absolute Gasteiger partial charge is 0.0470 e. The summed E-state index contributed by atoms with van der Waals surface area (Å²) in [5.74, 6) is 0. The number of nitrogens with two attached hydrogens (primary N) is 1. The molecule has 0 amide bonds. The lowest BCUT2D eigenvalue weighted by Crippen LogP contribution is -2.43. The van der Waals surface area contributed by atoms with E-state index < -0.39 is 0 Å². The predicted octanol–water partition coefficient (Wildman–Crippen LogP) is 3.76. The molecule has 2 aromatic rings. The zero-order valence-electron chi connectivity index (χ0n) is 12.4. The van der Waals surface area contributed by atoms with Gasteiger partial charge in [0, 0.05) is 17.8 Å². The fourth-order valence-electron chi connectivity index (χ4n) is 2.27. The first-order chi connectivity index (χ1) is 9.61. The van der Waals surface area contributed by atoms with Gasteiger partial charge in [0.25, 0.3) is 0 Å². The van der Waals surface area contributed by atoms with Gasteiger partial charge in [0.2, 0.25) is 0 Å². The largest absolute Gasteiger partial charge is 0.379 e. The van der Waals surface area contributed by atoms with Crippen molar-refractivity contribution in [3.8, 4) is 0 Å². The summed E-state index contributed by atoms with van der Waals surface area (Å²) in [6.07, 6.45) is 2.05. The number of nitrogens with one attached hydrogen (secondary N) is 1. The van der Waals surface area contributed by atoms with Crippen molar-refractivity contribution < 1.29 is 0 Å². The molecule has 0 aliphatic rings. The lowest BCUT2D eigenvalue weighted by Gasteiger charge is -2.31. The van der Waals surface area contributed by atoms with Crippen LogP contribution in [0.3, 0.4) is 0 Å². The lowest BCUT2D eigenvalue weighted by atomic mass is 9.93. The van der Waals surface area contributed by atoms with Gasteiger partial charge in [-0.1, -0.05) is 48.0 Å². The molecule has 106 valence electrons. The van der Waals surface area contributed by atoms with E-state index in [1.807, 2.05) is 0 Å². The maximum atomic E-state index is 5.99. The molecule has 0 aliphatic carbocycles. The van der Waals surface area contributed by atoms with Crippen molar-refractivity contribution in [3.05, 3.63) is 65.7 Å². The molecule has 0 saturated carbocycles. The third-order valence-electron chi connectivity index (χ3n) is 3.76. The van der Waals surface area contributed by atoms with E-state index in [9.17, 15) is 0 Å². The van der Waals surface area contributed by atoms with Gasteiger partial charge in [-0.05, 0) is 44.4 Å². The van der Waals surface area contributed by atoms with Gasteiger partial charge in [-0.15, -0.1) is 0 Å². The molecular weight excluding hydrogens is 244 g/mol. The average Bonchev–Trinajstić information content (AvgIpc) is 2.49. The molecule has 2 rings (SSSR count). The fraction of sp³-hybridized carbons (Fsp3) is 0.333. The summed E-state index contributed by atoms with van der Waals surface area (Å²) in [7, 11) is 0. The third-order valence-corrected chi connectivity index (χ3v) is 3.76. The highest BCUT2D eigenvalue weighted by atomic mass is 15.0. The predicted molar refractivity (Wildman–Crippen MR) is 87.0 cm³/mol. The second-order valence-electron chi connectivity index (χ2n) is 5.74. The van der Waals surface area contributed by atoms with E-state index in [2.05, 4.69) is 73.8 Å². The van der Waals surface area contributed by atoms with Crippen LogP contribution in [0.2, 0.25) is 0 Å². The highest BCUT2D eigenvalue weighted by molar-refractivity contribution is 5.46. The molecular formula is C18H24N2. The zero-order valence-corrected chi connectivity index (χ0v) is 12.4. The Kier molecular flexibility index (Phi) is 4.80. The quantitative estimate of drug-likeness (QED) is 0.837. The zero-order chi connectivity index (χ0) is 14.4. The summed E-state index contributed by atoms with van der Waals surface area (Å²) < 4.78 is 0. The van der Waals surface area contributed by atoms with Crippen molar-refractivity contribution >= 4 is 5.69 Å². The van der Waals surface area contributed by atoms with Crippen LogP contribution in [0.25, 0.3) is 0 Å². The number of hydrogen-bond donors (Lipinski definition) is 2.